The van der Waals surface area contributed by atoms with E-state index in [1.54, 1.807) is 6.20 Å². The number of nitrogens with zero attached hydrogens (tertiary/aromatic N) is 5. The van der Waals surface area contributed by atoms with Gasteiger partial charge in [0.1, 0.15) is 5.82 Å². The number of ether oxygens (including phenoxy) is 1. The smallest absolute Gasteiger partial charge is 0.417 e. The average Bonchev–Trinajstić information content (AvgIpc) is 2.61. The van der Waals surface area contributed by atoms with Crippen molar-refractivity contribution < 1.29 is 17.9 Å². The number of halogens is 3. The van der Waals surface area contributed by atoms with Gasteiger partial charge in [0.2, 0.25) is 5.88 Å². The van der Waals surface area contributed by atoms with Gasteiger partial charge in [0.25, 0.3) is 0 Å². The van der Waals surface area contributed by atoms with Crippen molar-refractivity contribution in [3.8, 4) is 5.88 Å². The highest BCUT2D eigenvalue weighted by Crippen LogP contribution is 2.29. The van der Waals surface area contributed by atoms with Gasteiger partial charge in [-0.15, -0.1) is 0 Å². The summed E-state index contributed by atoms with van der Waals surface area (Å²) in [5, 5.41) is 0. The summed E-state index contributed by atoms with van der Waals surface area (Å²) >= 11 is 0. The molecular formula is C15H16F3N5O. The quantitative estimate of drug-likeness (QED) is 0.855. The first-order chi connectivity index (χ1) is 11.5. The maximum atomic E-state index is 12.6. The van der Waals surface area contributed by atoms with Crippen molar-refractivity contribution in [2.24, 2.45) is 0 Å². The Labute approximate surface area is 136 Å². The van der Waals surface area contributed by atoms with Crippen LogP contribution in [0.15, 0.2) is 30.7 Å². The monoisotopic (exact) mass is 339 g/mol. The highest BCUT2D eigenvalue weighted by molar-refractivity contribution is 5.45. The first-order valence-corrected chi connectivity index (χ1v) is 7.36. The molecule has 0 bridgehead atoms. The van der Waals surface area contributed by atoms with Gasteiger partial charge >= 0.3 is 6.18 Å². The lowest BCUT2D eigenvalue weighted by molar-refractivity contribution is -0.137. The number of hydrogen-bond donors (Lipinski definition) is 0. The van der Waals surface area contributed by atoms with Crippen LogP contribution in [0.25, 0.3) is 0 Å². The Balaban J connectivity index is 1.64. The molecule has 2 aromatic rings. The number of piperazine rings is 1. The molecule has 1 saturated heterocycles. The molecule has 0 unspecified atom stereocenters. The van der Waals surface area contributed by atoms with E-state index >= 15 is 0 Å². The van der Waals surface area contributed by atoms with E-state index in [2.05, 4.69) is 19.9 Å². The molecule has 0 amide bonds. The molecule has 0 spiro atoms. The molecule has 24 heavy (non-hydrogen) atoms. The molecule has 0 aromatic carbocycles. The molecule has 1 aliphatic rings. The van der Waals surface area contributed by atoms with Crippen molar-refractivity contribution in [2.75, 3.05) is 43.1 Å². The van der Waals surface area contributed by atoms with Gasteiger partial charge in [0.05, 0.1) is 25.1 Å². The molecule has 0 atom stereocenters. The van der Waals surface area contributed by atoms with Crippen molar-refractivity contribution in [3.05, 3.63) is 36.3 Å². The summed E-state index contributed by atoms with van der Waals surface area (Å²) < 4.78 is 42.8. The number of aromatic nitrogens is 3. The predicted octanol–water partition coefficient (Wildman–Crippen LogP) is 2.23. The Morgan fingerprint density at radius 3 is 2.17 bits per heavy atom. The van der Waals surface area contributed by atoms with Gasteiger partial charge in [-0.3, -0.25) is 4.98 Å². The predicted molar refractivity (Wildman–Crippen MR) is 82.2 cm³/mol. The third kappa shape index (κ3) is 3.50. The van der Waals surface area contributed by atoms with Crippen molar-refractivity contribution in [3.63, 3.8) is 0 Å². The first-order valence-electron chi connectivity index (χ1n) is 7.36. The molecule has 1 fully saturated rings. The zero-order chi connectivity index (χ0) is 17.2. The minimum absolute atomic E-state index is 0.444. The molecule has 3 rings (SSSR count). The van der Waals surface area contributed by atoms with Gasteiger partial charge in [-0.2, -0.15) is 18.2 Å². The SMILES string of the molecule is COc1cncc(N2CCN(c3ccc(C(F)(F)F)cn3)CC2)n1. The highest BCUT2D eigenvalue weighted by atomic mass is 19.4. The molecule has 0 aliphatic carbocycles. The molecule has 1 aliphatic heterocycles. The number of anilines is 2. The molecule has 0 saturated carbocycles. The van der Waals surface area contributed by atoms with Crippen LogP contribution in [0.5, 0.6) is 5.88 Å². The van der Waals surface area contributed by atoms with Crippen molar-refractivity contribution in [2.45, 2.75) is 6.18 Å². The summed E-state index contributed by atoms with van der Waals surface area (Å²) in [4.78, 5) is 16.3. The van der Waals surface area contributed by atoms with Crippen LogP contribution < -0.4 is 14.5 Å². The van der Waals surface area contributed by atoms with Crippen LogP contribution in [0, 0.1) is 0 Å². The lowest BCUT2D eigenvalue weighted by Gasteiger charge is -2.35. The Bertz CT molecular complexity index is 684. The van der Waals surface area contributed by atoms with Crippen LogP contribution in [0.2, 0.25) is 0 Å². The number of rotatable bonds is 3. The van der Waals surface area contributed by atoms with E-state index in [0.29, 0.717) is 37.9 Å². The fourth-order valence-electron chi connectivity index (χ4n) is 2.49. The minimum atomic E-state index is -4.37. The first kappa shape index (κ1) is 16.3. The Kier molecular flexibility index (Phi) is 4.41. The van der Waals surface area contributed by atoms with E-state index in [0.717, 1.165) is 18.1 Å². The third-order valence-electron chi connectivity index (χ3n) is 3.81. The summed E-state index contributed by atoms with van der Waals surface area (Å²) in [6.07, 6.45) is -0.301. The Hall–Kier alpha value is -2.58. The third-order valence-corrected chi connectivity index (χ3v) is 3.81. The molecule has 9 heteroatoms. The van der Waals surface area contributed by atoms with Crippen LogP contribution in [0.3, 0.4) is 0 Å². The Morgan fingerprint density at radius 2 is 1.62 bits per heavy atom. The maximum Gasteiger partial charge on any atom is 0.417 e. The molecular weight excluding hydrogens is 323 g/mol. The zero-order valence-corrected chi connectivity index (χ0v) is 13.0. The molecule has 6 nitrogen and oxygen atoms in total. The number of hydrogen-bond acceptors (Lipinski definition) is 6. The van der Waals surface area contributed by atoms with Crippen LogP contribution >= 0.6 is 0 Å². The second-order valence-electron chi connectivity index (χ2n) is 5.30. The molecule has 2 aromatic heterocycles. The van der Waals surface area contributed by atoms with E-state index in [-0.39, 0.29) is 0 Å². The summed E-state index contributed by atoms with van der Waals surface area (Å²) in [7, 11) is 1.53. The molecule has 128 valence electrons. The van der Waals surface area contributed by atoms with Gasteiger partial charge in [-0.05, 0) is 12.1 Å². The normalized spacial score (nSPS) is 15.5. The standard InChI is InChI=1S/C15H16F3N5O/c1-24-14-10-19-9-13(21-14)23-6-4-22(5-7-23)12-3-2-11(8-20-12)15(16,17)18/h2-3,8-10H,4-7H2,1H3. The van der Waals surface area contributed by atoms with Gasteiger partial charge in [-0.1, -0.05) is 0 Å². The largest absolute Gasteiger partial charge is 0.480 e. The van der Waals surface area contributed by atoms with E-state index in [9.17, 15) is 13.2 Å². The van der Waals surface area contributed by atoms with Crippen LogP contribution in [0.4, 0.5) is 24.8 Å². The van der Waals surface area contributed by atoms with E-state index in [1.165, 1.54) is 19.4 Å². The van der Waals surface area contributed by atoms with Gasteiger partial charge in [-0.25, -0.2) is 4.98 Å². The van der Waals surface area contributed by atoms with E-state index < -0.39 is 11.7 Å². The lowest BCUT2D eigenvalue weighted by Crippen LogP contribution is -2.47. The minimum Gasteiger partial charge on any atom is -0.480 e. The van der Waals surface area contributed by atoms with Gasteiger partial charge in [0, 0.05) is 32.4 Å². The van der Waals surface area contributed by atoms with Crippen LogP contribution in [0.1, 0.15) is 5.56 Å². The van der Waals surface area contributed by atoms with Crippen LogP contribution in [-0.2, 0) is 6.18 Å². The zero-order valence-electron chi connectivity index (χ0n) is 13.0. The van der Waals surface area contributed by atoms with Crippen LogP contribution in [-0.4, -0.2) is 48.2 Å². The van der Waals surface area contributed by atoms with E-state index in [1.807, 2.05) is 4.90 Å². The van der Waals surface area contributed by atoms with Gasteiger partial charge in [0.15, 0.2) is 5.82 Å². The van der Waals surface area contributed by atoms with Crippen molar-refractivity contribution in [1.82, 2.24) is 15.0 Å². The second kappa shape index (κ2) is 6.50. The van der Waals surface area contributed by atoms with Gasteiger partial charge < -0.3 is 14.5 Å². The second-order valence-corrected chi connectivity index (χ2v) is 5.30. The summed E-state index contributed by atoms with van der Waals surface area (Å²) in [6, 6.07) is 2.46. The highest BCUT2D eigenvalue weighted by Gasteiger charge is 2.31. The van der Waals surface area contributed by atoms with Crippen molar-refractivity contribution in [1.29, 1.82) is 0 Å². The number of methoxy groups -OCH3 is 1. The Morgan fingerprint density at radius 1 is 0.958 bits per heavy atom. The number of alkyl halides is 3. The fraction of sp³-hybridized carbons (Fsp3) is 0.400. The lowest BCUT2D eigenvalue weighted by atomic mass is 10.2. The number of pyridine rings is 1. The summed E-state index contributed by atoms with van der Waals surface area (Å²) in [5.74, 6) is 1.70. The fourth-order valence-corrected chi connectivity index (χ4v) is 2.49. The molecule has 0 radical (unpaired) electrons. The topological polar surface area (TPSA) is 54.4 Å². The average molecular weight is 339 g/mol. The van der Waals surface area contributed by atoms with Crippen molar-refractivity contribution >= 4 is 11.6 Å². The van der Waals surface area contributed by atoms with E-state index in [4.69, 9.17) is 4.74 Å². The summed E-state index contributed by atoms with van der Waals surface area (Å²) in [6.45, 7) is 2.61. The summed E-state index contributed by atoms with van der Waals surface area (Å²) in [5.41, 5.74) is -0.739. The molecule has 0 N–H and O–H groups in total. The maximum absolute atomic E-state index is 12.6. The molecule has 3 heterocycles.